The van der Waals surface area contributed by atoms with Crippen molar-refractivity contribution in [3.8, 4) is 0 Å². The van der Waals surface area contributed by atoms with Crippen molar-refractivity contribution < 1.29 is 13.2 Å². The van der Waals surface area contributed by atoms with Gasteiger partial charge in [0.2, 0.25) is 10.0 Å². The van der Waals surface area contributed by atoms with Crippen LogP contribution in [0.4, 0.5) is 0 Å². The molecule has 0 bridgehead atoms. The summed E-state index contributed by atoms with van der Waals surface area (Å²) in [6, 6.07) is 8.64. The van der Waals surface area contributed by atoms with Gasteiger partial charge in [0.05, 0.1) is 4.90 Å². The number of hydrogen-bond acceptors (Lipinski definition) is 4. The number of aromatic nitrogens is 2. The van der Waals surface area contributed by atoms with Crippen LogP contribution in [-0.2, 0) is 10.0 Å². The number of halogens is 1. The van der Waals surface area contributed by atoms with Crippen molar-refractivity contribution in [2.24, 2.45) is 0 Å². The van der Waals surface area contributed by atoms with E-state index in [1.165, 1.54) is 4.31 Å². The highest BCUT2D eigenvalue weighted by Gasteiger charge is 2.32. The van der Waals surface area contributed by atoms with Gasteiger partial charge in [0, 0.05) is 42.9 Å². The number of hydrogen-bond donors (Lipinski definition) is 0. The first-order valence-electron chi connectivity index (χ1n) is 8.40. The summed E-state index contributed by atoms with van der Waals surface area (Å²) in [5.41, 5.74) is 0.390. The minimum absolute atomic E-state index is 0.165. The Bertz CT molecular complexity index is 902. The van der Waals surface area contributed by atoms with Crippen molar-refractivity contribution in [1.82, 2.24) is 19.0 Å². The van der Waals surface area contributed by atoms with Gasteiger partial charge in [-0.3, -0.25) is 9.48 Å². The fraction of sp³-hybridized carbons (Fsp3) is 0.412. The average Bonchev–Trinajstić information content (AvgIpc) is 3.12. The molecule has 0 saturated carbocycles. The summed E-state index contributed by atoms with van der Waals surface area (Å²) in [6.07, 6.45) is 1.78. The number of amides is 1. The second-order valence-corrected chi connectivity index (χ2v) is 9.16. The van der Waals surface area contributed by atoms with Crippen LogP contribution < -0.4 is 0 Å². The Morgan fingerprint density at radius 2 is 1.77 bits per heavy atom. The Morgan fingerprint density at radius 1 is 1.12 bits per heavy atom. The highest BCUT2D eigenvalue weighted by molar-refractivity contribution is 9.10. The van der Waals surface area contributed by atoms with Gasteiger partial charge in [-0.25, -0.2) is 8.42 Å². The van der Waals surface area contributed by atoms with E-state index in [2.05, 4.69) is 21.0 Å². The second kappa shape index (κ2) is 7.50. The molecule has 1 aliphatic heterocycles. The van der Waals surface area contributed by atoms with Gasteiger partial charge in [-0.15, -0.1) is 0 Å². The zero-order valence-electron chi connectivity index (χ0n) is 14.7. The summed E-state index contributed by atoms with van der Waals surface area (Å²) >= 11 is 3.30. The van der Waals surface area contributed by atoms with E-state index < -0.39 is 10.0 Å². The first-order chi connectivity index (χ1) is 12.3. The molecular weight excluding hydrogens is 420 g/mol. The normalized spacial score (nSPS) is 16.2. The molecule has 1 aromatic carbocycles. The Balaban J connectivity index is 1.69. The van der Waals surface area contributed by atoms with Crippen LogP contribution in [0, 0.1) is 0 Å². The monoisotopic (exact) mass is 440 g/mol. The maximum atomic E-state index is 12.8. The van der Waals surface area contributed by atoms with Gasteiger partial charge in [-0.1, -0.05) is 12.1 Å². The fourth-order valence-electron chi connectivity index (χ4n) is 2.83. The predicted molar refractivity (Wildman–Crippen MR) is 101 cm³/mol. The molecule has 0 atom stereocenters. The number of sulfonamides is 1. The first kappa shape index (κ1) is 19.1. The summed E-state index contributed by atoms with van der Waals surface area (Å²) < 4.78 is 29.3. The molecule has 26 heavy (non-hydrogen) atoms. The lowest BCUT2D eigenvalue weighted by Crippen LogP contribution is -2.50. The van der Waals surface area contributed by atoms with Crippen molar-refractivity contribution in [2.45, 2.75) is 24.8 Å². The molecule has 1 amide bonds. The molecule has 140 valence electrons. The van der Waals surface area contributed by atoms with Gasteiger partial charge >= 0.3 is 0 Å². The Hall–Kier alpha value is -1.71. The lowest BCUT2D eigenvalue weighted by Gasteiger charge is -2.33. The summed E-state index contributed by atoms with van der Waals surface area (Å²) in [6.45, 7) is 5.20. The van der Waals surface area contributed by atoms with Crippen molar-refractivity contribution in [1.29, 1.82) is 0 Å². The van der Waals surface area contributed by atoms with E-state index in [1.54, 1.807) is 46.1 Å². The van der Waals surface area contributed by atoms with Gasteiger partial charge in [-0.2, -0.15) is 9.40 Å². The molecule has 1 aliphatic rings. The third-order valence-corrected chi connectivity index (χ3v) is 7.25. The first-order valence-corrected chi connectivity index (χ1v) is 10.6. The van der Waals surface area contributed by atoms with Gasteiger partial charge in [-0.05, 0) is 48.0 Å². The number of rotatable bonds is 4. The minimum Gasteiger partial charge on any atom is -0.335 e. The smallest absolute Gasteiger partial charge is 0.274 e. The molecule has 3 rings (SSSR count). The van der Waals surface area contributed by atoms with E-state index in [1.807, 2.05) is 13.8 Å². The molecule has 9 heteroatoms. The third kappa shape index (κ3) is 3.70. The molecule has 0 spiro atoms. The molecule has 7 nitrogen and oxygen atoms in total. The van der Waals surface area contributed by atoms with Crippen molar-refractivity contribution in [3.05, 3.63) is 46.7 Å². The zero-order valence-corrected chi connectivity index (χ0v) is 17.1. The summed E-state index contributed by atoms with van der Waals surface area (Å²) in [5.74, 6) is -0.165. The van der Waals surface area contributed by atoms with Crippen molar-refractivity contribution in [2.75, 3.05) is 26.2 Å². The lowest BCUT2D eigenvalue weighted by atomic mass is 10.3. The van der Waals surface area contributed by atoms with E-state index in [0.29, 0.717) is 23.3 Å². The topological polar surface area (TPSA) is 75.5 Å². The molecule has 0 unspecified atom stereocenters. The number of benzene rings is 1. The van der Waals surface area contributed by atoms with Crippen LogP contribution >= 0.6 is 15.9 Å². The van der Waals surface area contributed by atoms with Gasteiger partial charge in [0.1, 0.15) is 5.69 Å². The quantitative estimate of drug-likeness (QED) is 0.730. The second-order valence-electron chi connectivity index (χ2n) is 6.40. The van der Waals surface area contributed by atoms with Crippen molar-refractivity contribution >= 4 is 31.9 Å². The maximum Gasteiger partial charge on any atom is 0.274 e. The van der Waals surface area contributed by atoms with Crippen LogP contribution in [0.5, 0.6) is 0 Å². The molecule has 0 aliphatic carbocycles. The predicted octanol–water partition coefficient (Wildman–Crippen LogP) is 2.37. The lowest BCUT2D eigenvalue weighted by molar-refractivity contribution is 0.0691. The van der Waals surface area contributed by atoms with Crippen LogP contribution in [0.15, 0.2) is 45.9 Å². The number of carbonyl (C=O) groups excluding carboxylic acids is 1. The van der Waals surface area contributed by atoms with Crippen LogP contribution in [0.1, 0.15) is 30.4 Å². The number of piperazine rings is 1. The van der Waals surface area contributed by atoms with Gasteiger partial charge in [0.25, 0.3) is 5.91 Å². The summed E-state index contributed by atoms with van der Waals surface area (Å²) in [4.78, 5) is 14.5. The van der Waals surface area contributed by atoms with Crippen LogP contribution in [-0.4, -0.2) is 59.5 Å². The molecule has 1 aromatic heterocycles. The van der Waals surface area contributed by atoms with E-state index in [9.17, 15) is 13.2 Å². The van der Waals surface area contributed by atoms with E-state index in [-0.39, 0.29) is 29.9 Å². The number of carbonyl (C=O) groups is 1. The fourth-order valence-corrected chi connectivity index (χ4v) is 5.21. The van der Waals surface area contributed by atoms with Crippen molar-refractivity contribution in [3.63, 3.8) is 0 Å². The summed E-state index contributed by atoms with van der Waals surface area (Å²) in [7, 11) is -3.58. The Kier molecular flexibility index (Phi) is 5.50. The number of nitrogens with zero attached hydrogens (tertiary/aromatic N) is 4. The van der Waals surface area contributed by atoms with E-state index in [0.717, 1.165) is 0 Å². The average molecular weight is 441 g/mol. The largest absolute Gasteiger partial charge is 0.335 e. The van der Waals surface area contributed by atoms with E-state index >= 15 is 0 Å². The highest BCUT2D eigenvalue weighted by atomic mass is 79.9. The third-order valence-electron chi connectivity index (χ3n) is 4.34. The Morgan fingerprint density at radius 3 is 2.35 bits per heavy atom. The molecular formula is C17H21BrN4O3S. The molecule has 2 heterocycles. The minimum atomic E-state index is -3.58. The molecule has 0 radical (unpaired) electrons. The maximum absolute atomic E-state index is 12.8. The van der Waals surface area contributed by atoms with Gasteiger partial charge in [0.15, 0.2) is 0 Å². The van der Waals surface area contributed by atoms with Gasteiger partial charge < -0.3 is 4.90 Å². The molecule has 1 saturated heterocycles. The Labute approximate surface area is 161 Å². The standard InChI is InChI=1S/C17H21BrN4O3S/c1-13(2)22-8-7-15(19-22)17(23)20-9-11-21(12-10-20)26(24,25)16-6-4-3-5-14(16)18/h3-8,13H,9-12H2,1-2H3. The van der Waals surface area contributed by atoms with Crippen LogP contribution in [0.3, 0.4) is 0 Å². The van der Waals surface area contributed by atoms with Crippen LogP contribution in [0.25, 0.3) is 0 Å². The SMILES string of the molecule is CC(C)n1ccc(C(=O)N2CCN(S(=O)(=O)c3ccccc3Br)CC2)n1. The highest BCUT2D eigenvalue weighted by Crippen LogP contribution is 2.25. The van der Waals surface area contributed by atoms with E-state index in [4.69, 9.17) is 0 Å². The molecule has 0 N–H and O–H groups in total. The summed E-state index contributed by atoms with van der Waals surface area (Å²) in [5, 5.41) is 4.30. The molecule has 2 aromatic rings. The van der Waals surface area contributed by atoms with Crippen LogP contribution in [0.2, 0.25) is 0 Å². The zero-order chi connectivity index (χ0) is 18.9. The molecule has 1 fully saturated rings.